The fraction of sp³-hybridized carbons (Fsp3) is 0.346. The van der Waals surface area contributed by atoms with Gasteiger partial charge in [-0.15, -0.1) is 0 Å². The summed E-state index contributed by atoms with van der Waals surface area (Å²) in [6.45, 7) is 3.06. The number of carbonyl (C=O) groups is 2. The summed E-state index contributed by atoms with van der Waals surface area (Å²) in [7, 11) is 2.18. The predicted molar refractivity (Wildman–Crippen MR) is 132 cm³/mol. The number of hydrogen-bond acceptors (Lipinski definition) is 5. The van der Waals surface area contributed by atoms with E-state index in [-0.39, 0.29) is 12.2 Å². The van der Waals surface area contributed by atoms with E-state index in [2.05, 4.69) is 47.0 Å². The van der Waals surface area contributed by atoms with E-state index >= 15 is 0 Å². The zero-order valence-electron chi connectivity index (χ0n) is 19.4. The molecule has 1 atom stereocenters. The van der Waals surface area contributed by atoms with Crippen molar-refractivity contribution in [3.63, 3.8) is 0 Å². The standard InChI is InChI=1S/C24H26ClN3O.C2H2O4/c1-27-13-11-18(12-14-27)29-23-19-7-3-2-6-17(19)10-15-28-16-22(26-24(23)28)20-8-4-5-9-21(20)25;3-1(4)2(5)6/h2-9,16,18,23H,10-15H2,1H3;(H,3,4)(H,5,6). The van der Waals surface area contributed by atoms with Gasteiger partial charge in [0.2, 0.25) is 0 Å². The molecule has 1 unspecified atom stereocenters. The predicted octanol–water partition coefficient (Wildman–Crippen LogP) is 4.12. The van der Waals surface area contributed by atoms with Gasteiger partial charge in [-0.25, -0.2) is 14.6 Å². The molecule has 1 aromatic heterocycles. The molecule has 0 radical (unpaired) electrons. The lowest BCUT2D eigenvalue weighted by atomic mass is 10.00. The molecule has 0 aliphatic carbocycles. The van der Waals surface area contributed by atoms with Crippen LogP contribution < -0.4 is 0 Å². The first-order valence-electron chi connectivity index (χ1n) is 11.5. The number of likely N-dealkylation sites (tertiary alicyclic amines) is 1. The summed E-state index contributed by atoms with van der Waals surface area (Å²) in [5.41, 5.74) is 4.50. The number of carboxylic acids is 2. The number of halogens is 1. The van der Waals surface area contributed by atoms with Crippen molar-refractivity contribution in [2.24, 2.45) is 0 Å². The highest BCUT2D eigenvalue weighted by atomic mass is 35.5. The Kier molecular flexibility index (Phi) is 7.85. The van der Waals surface area contributed by atoms with Crippen molar-refractivity contribution in [2.75, 3.05) is 20.1 Å². The quantitative estimate of drug-likeness (QED) is 0.524. The Morgan fingerprint density at radius 1 is 1.00 bits per heavy atom. The first-order chi connectivity index (χ1) is 16.8. The van der Waals surface area contributed by atoms with Gasteiger partial charge in [-0.1, -0.05) is 54.1 Å². The molecule has 0 bridgehead atoms. The van der Waals surface area contributed by atoms with Gasteiger partial charge in [-0.2, -0.15) is 0 Å². The Balaban J connectivity index is 0.000000431. The smallest absolute Gasteiger partial charge is 0.414 e. The Hall–Kier alpha value is -3.20. The number of benzene rings is 2. The van der Waals surface area contributed by atoms with Crippen LogP contribution in [0.4, 0.5) is 0 Å². The SMILES string of the molecule is CN1CCC(OC2c3ccccc3CCn3cc(-c4ccccc4Cl)nc32)CC1.O=C(O)C(=O)O. The third-order valence-corrected chi connectivity index (χ3v) is 6.66. The van der Waals surface area contributed by atoms with Gasteiger partial charge in [0.25, 0.3) is 0 Å². The zero-order valence-corrected chi connectivity index (χ0v) is 20.2. The second-order valence-corrected chi connectivity index (χ2v) is 9.14. The van der Waals surface area contributed by atoms with Gasteiger partial charge in [0.15, 0.2) is 0 Å². The second-order valence-electron chi connectivity index (χ2n) is 8.74. The van der Waals surface area contributed by atoms with Gasteiger partial charge in [0.1, 0.15) is 11.9 Å². The number of imidazole rings is 1. The van der Waals surface area contributed by atoms with E-state index in [1.165, 1.54) is 11.1 Å². The Morgan fingerprint density at radius 3 is 2.34 bits per heavy atom. The van der Waals surface area contributed by atoms with Crippen LogP contribution in [-0.4, -0.2) is 62.8 Å². The minimum Gasteiger partial charge on any atom is -0.473 e. The third-order valence-electron chi connectivity index (χ3n) is 6.33. The molecule has 2 aliphatic heterocycles. The number of fused-ring (bicyclic) bond motifs is 2. The zero-order chi connectivity index (χ0) is 24.9. The molecule has 184 valence electrons. The Bertz CT molecular complexity index is 1190. The second kappa shape index (κ2) is 11.0. The number of aromatic nitrogens is 2. The number of aryl methyl sites for hydroxylation is 2. The number of hydrogen-bond donors (Lipinski definition) is 2. The van der Waals surface area contributed by atoms with Crippen LogP contribution >= 0.6 is 11.6 Å². The van der Waals surface area contributed by atoms with Crippen molar-refractivity contribution in [3.8, 4) is 11.3 Å². The summed E-state index contributed by atoms with van der Waals surface area (Å²) in [4.78, 5) is 25.6. The molecular weight excluding hydrogens is 470 g/mol. The molecule has 3 aromatic rings. The van der Waals surface area contributed by atoms with Gasteiger partial charge in [-0.05, 0) is 43.5 Å². The number of rotatable bonds is 3. The number of piperidine rings is 1. The summed E-state index contributed by atoms with van der Waals surface area (Å²) in [6.07, 6.45) is 5.36. The summed E-state index contributed by atoms with van der Waals surface area (Å²) >= 11 is 6.46. The normalized spacial score (nSPS) is 17.9. The van der Waals surface area contributed by atoms with Crippen molar-refractivity contribution in [1.29, 1.82) is 0 Å². The number of aliphatic carboxylic acids is 2. The molecule has 0 amide bonds. The number of carboxylic acid groups (broad SMARTS) is 2. The van der Waals surface area contributed by atoms with Crippen molar-refractivity contribution < 1.29 is 24.5 Å². The molecule has 0 spiro atoms. The van der Waals surface area contributed by atoms with Gasteiger partial charge < -0.3 is 24.4 Å². The minimum absolute atomic E-state index is 0.140. The van der Waals surface area contributed by atoms with E-state index in [1.54, 1.807) is 0 Å². The molecule has 8 nitrogen and oxygen atoms in total. The fourth-order valence-electron chi connectivity index (χ4n) is 4.46. The lowest BCUT2D eigenvalue weighted by Crippen LogP contribution is -2.35. The van der Waals surface area contributed by atoms with Crippen LogP contribution in [0.1, 0.15) is 35.9 Å². The largest absolute Gasteiger partial charge is 0.473 e. The molecule has 2 N–H and O–H groups in total. The van der Waals surface area contributed by atoms with Crippen molar-refractivity contribution >= 4 is 23.5 Å². The maximum atomic E-state index is 9.10. The maximum absolute atomic E-state index is 9.10. The lowest BCUT2D eigenvalue weighted by molar-refractivity contribution is -0.159. The Labute approximate surface area is 208 Å². The van der Waals surface area contributed by atoms with E-state index in [4.69, 9.17) is 41.1 Å². The summed E-state index contributed by atoms with van der Waals surface area (Å²) in [6, 6.07) is 16.6. The highest BCUT2D eigenvalue weighted by molar-refractivity contribution is 6.33. The summed E-state index contributed by atoms with van der Waals surface area (Å²) in [5.74, 6) is -2.66. The van der Waals surface area contributed by atoms with Crippen molar-refractivity contribution in [2.45, 2.75) is 38.0 Å². The number of nitrogens with zero attached hydrogens (tertiary/aromatic N) is 3. The topological polar surface area (TPSA) is 105 Å². The molecule has 1 fully saturated rings. The summed E-state index contributed by atoms with van der Waals surface area (Å²) in [5, 5.41) is 15.5. The first kappa shape index (κ1) is 24.9. The van der Waals surface area contributed by atoms with E-state index in [9.17, 15) is 0 Å². The van der Waals surface area contributed by atoms with Crippen LogP contribution in [0, 0.1) is 0 Å². The molecule has 0 saturated carbocycles. The highest BCUT2D eigenvalue weighted by Gasteiger charge is 2.30. The first-order valence-corrected chi connectivity index (χ1v) is 11.9. The highest BCUT2D eigenvalue weighted by Crippen LogP contribution is 2.36. The van der Waals surface area contributed by atoms with E-state index < -0.39 is 11.9 Å². The Morgan fingerprint density at radius 2 is 1.66 bits per heavy atom. The average molecular weight is 498 g/mol. The van der Waals surface area contributed by atoms with Crippen LogP contribution in [0.15, 0.2) is 54.7 Å². The van der Waals surface area contributed by atoms with Crippen LogP contribution in [0.5, 0.6) is 0 Å². The van der Waals surface area contributed by atoms with Crippen LogP contribution in [0.2, 0.25) is 5.02 Å². The van der Waals surface area contributed by atoms with Crippen LogP contribution in [-0.2, 0) is 27.3 Å². The van der Waals surface area contributed by atoms with Gasteiger partial charge in [0.05, 0.1) is 16.8 Å². The van der Waals surface area contributed by atoms with E-state index in [0.29, 0.717) is 0 Å². The monoisotopic (exact) mass is 497 g/mol. The van der Waals surface area contributed by atoms with Gasteiger partial charge >= 0.3 is 11.9 Å². The van der Waals surface area contributed by atoms with Crippen molar-refractivity contribution in [3.05, 3.63) is 76.7 Å². The van der Waals surface area contributed by atoms with E-state index in [0.717, 1.165) is 61.0 Å². The minimum atomic E-state index is -1.82. The molecule has 3 heterocycles. The molecular formula is C26H28ClN3O5. The van der Waals surface area contributed by atoms with Gasteiger partial charge in [-0.3, -0.25) is 0 Å². The summed E-state index contributed by atoms with van der Waals surface area (Å²) < 4.78 is 9.01. The van der Waals surface area contributed by atoms with Crippen LogP contribution in [0.25, 0.3) is 11.3 Å². The average Bonchev–Trinajstić information content (AvgIpc) is 3.21. The molecule has 35 heavy (non-hydrogen) atoms. The third kappa shape index (κ3) is 5.90. The number of ether oxygens (including phenoxy) is 1. The van der Waals surface area contributed by atoms with Crippen LogP contribution in [0.3, 0.4) is 0 Å². The molecule has 2 aliphatic rings. The lowest BCUT2D eigenvalue weighted by Gasteiger charge is -2.32. The van der Waals surface area contributed by atoms with Crippen molar-refractivity contribution in [1.82, 2.24) is 14.5 Å². The molecule has 2 aromatic carbocycles. The molecule has 1 saturated heterocycles. The molecule has 5 rings (SSSR count). The fourth-order valence-corrected chi connectivity index (χ4v) is 4.70. The molecule has 9 heteroatoms. The maximum Gasteiger partial charge on any atom is 0.414 e. The van der Waals surface area contributed by atoms with Gasteiger partial charge in [0, 0.05) is 31.4 Å². The van der Waals surface area contributed by atoms with E-state index in [1.807, 2.05) is 24.3 Å².